The molecule has 0 aliphatic carbocycles. The van der Waals surface area contributed by atoms with Crippen molar-refractivity contribution in [1.29, 1.82) is 0 Å². The van der Waals surface area contributed by atoms with Crippen LogP contribution in [0.1, 0.15) is 5.56 Å². The van der Waals surface area contributed by atoms with Crippen molar-refractivity contribution >= 4 is 27.2 Å². The first-order valence-corrected chi connectivity index (χ1v) is 10.8. The van der Waals surface area contributed by atoms with Crippen molar-refractivity contribution in [1.82, 2.24) is 24.8 Å². The van der Waals surface area contributed by atoms with Crippen LogP contribution in [0.4, 0.5) is 0 Å². The van der Waals surface area contributed by atoms with Crippen LogP contribution in [0.2, 0.25) is 0 Å². The van der Waals surface area contributed by atoms with E-state index in [1.807, 2.05) is 53.0 Å². The van der Waals surface area contributed by atoms with Crippen LogP contribution in [0, 0.1) is 6.92 Å². The Bertz CT molecular complexity index is 1530. The van der Waals surface area contributed by atoms with Gasteiger partial charge in [-0.05, 0) is 19.1 Å². The Balaban J connectivity index is 1.56. The molecule has 0 saturated heterocycles. The Morgan fingerprint density at radius 3 is 2.39 bits per heavy atom. The topological polar surface area (TPSA) is 56.0 Å². The Morgan fingerprint density at radius 2 is 1.55 bits per heavy atom. The molecule has 0 bridgehead atoms. The Morgan fingerprint density at radius 1 is 0.774 bits per heavy atom. The molecule has 6 heteroatoms. The summed E-state index contributed by atoms with van der Waals surface area (Å²) in [5.74, 6) is 0.746. The van der Waals surface area contributed by atoms with Gasteiger partial charge in [0.1, 0.15) is 5.01 Å². The van der Waals surface area contributed by atoms with Crippen LogP contribution in [-0.2, 0) is 0 Å². The van der Waals surface area contributed by atoms with Gasteiger partial charge in [0, 0.05) is 22.1 Å². The van der Waals surface area contributed by atoms with Crippen molar-refractivity contribution in [3.63, 3.8) is 0 Å². The van der Waals surface area contributed by atoms with Gasteiger partial charge < -0.3 is 0 Å². The molecule has 0 amide bonds. The molecule has 0 aliphatic rings. The van der Waals surface area contributed by atoms with Crippen LogP contribution < -0.4 is 0 Å². The highest BCUT2D eigenvalue weighted by Crippen LogP contribution is 2.35. The summed E-state index contributed by atoms with van der Waals surface area (Å²) in [5.41, 5.74) is 6.24. The minimum Gasteiger partial charge on any atom is -0.248 e. The zero-order chi connectivity index (χ0) is 20.8. The van der Waals surface area contributed by atoms with E-state index in [1.165, 1.54) is 16.9 Å². The summed E-state index contributed by atoms with van der Waals surface area (Å²) in [6, 6.07) is 28.8. The zero-order valence-electron chi connectivity index (χ0n) is 16.7. The maximum atomic E-state index is 4.91. The van der Waals surface area contributed by atoms with Crippen molar-refractivity contribution in [3.8, 4) is 33.2 Å². The maximum absolute atomic E-state index is 4.91. The van der Waals surface area contributed by atoms with E-state index in [0.717, 1.165) is 49.1 Å². The molecule has 6 aromatic rings. The van der Waals surface area contributed by atoms with Crippen molar-refractivity contribution < 1.29 is 0 Å². The molecule has 3 heterocycles. The van der Waals surface area contributed by atoms with E-state index in [0.29, 0.717) is 0 Å². The first-order chi connectivity index (χ1) is 15.3. The normalized spacial score (nSPS) is 11.4. The minimum absolute atomic E-state index is 0.746. The molecule has 0 fully saturated rings. The molecule has 5 nitrogen and oxygen atoms in total. The fourth-order valence-corrected chi connectivity index (χ4v) is 4.59. The van der Waals surface area contributed by atoms with Crippen LogP contribution in [0.5, 0.6) is 0 Å². The molecule has 6 rings (SSSR count). The molecular formula is C25H17N5S. The van der Waals surface area contributed by atoms with Gasteiger partial charge in [0.25, 0.3) is 0 Å². The summed E-state index contributed by atoms with van der Waals surface area (Å²) in [6.45, 7) is 2.09. The first-order valence-electron chi connectivity index (χ1n) is 10.0. The van der Waals surface area contributed by atoms with Gasteiger partial charge in [0.2, 0.25) is 4.96 Å². The first kappa shape index (κ1) is 17.9. The molecule has 0 atom stereocenters. The van der Waals surface area contributed by atoms with Crippen LogP contribution in [0.25, 0.3) is 49.1 Å². The largest absolute Gasteiger partial charge is 0.248 e. The fraction of sp³-hybridized carbons (Fsp3) is 0.0400. The van der Waals surface area contributed by atoms with E-state index in [4.69, 9.17) is 10.1 Å². The standard InChI is InChI=1S/C25H17N5S/c1-16-11-13-17(14-12-16)22-15-20(19-9-5-6-10-21(19)26-22)24-29-30-23(27-28-25(30)31-24)18-7-3-2-4-8-18/h2-15H,1H3. The Kier molecular flexibility index (Phi) is 4.11. The lowest BCUT2D eigenvalue weighted by molar-refractivity contribution is 0.971. The number of hydrogen-bond acceptors (Lipinski definition) is 5. The highest BCUT2D eigenvalue weighted by Gasteiger charge is 2.17. The molecule has 31 heavy (non-hydrogen) atoms. The van der Waals surface area contributed by atoms with Gasteiger partial charge >= 0.3 is 0 Å². The quantitative estimate of drug-likeness (QED) is 0.351. The molecule has 0 radical (unpaired) electrons. The van der Waals surface area contributed by atoms with Gasteiger partial charge in [0.15, 0.2) is 5.82 Å². The summed E-state index contributed by atoms with van der Waals surface area (Å²) in [5, 5.41) is 15.6. The van der Waals surface area contributed by atoms with E-state index in [9.17, 15) is 0 Å². The predicted molar refractivity (Wildman–Crippen MR) is 125 cm³/mol. The number of aryl methyl sites for hydroxylation is 1. The third-order valence-corrected chi connectivity index (χ3v) is 6.25. The predicted octanol–water partition coefficient (Wildman–Crippen LogP) is 6.04. The lowest BCUT2D eigenvalue weighted by Gasteiger charge is -2.08. The van der Waals surface area contributed by atoms with Crippen molar-refractivity contribution in [3.05, 3.63) is 90.5 Å². The summed E-state index contributed by atoms with van der Waals surface area (Å²) in [4.78, 5) is 5.68. The number of benzene rings is 3. The monoisotopic (exact) mass is 419 g/mol. The second-order valence-electron chi connectivity index (χ2n) is 7.43. The number of aromatic nitrogens is 5. The molecule has 3 aromatic carbocycles. The summed E-state index contributed by atoms with van der Waals surface area (Å²) >= 11 is 1.54. The molecule has 0 spiro atoms. The Labute approximate surface area is 182 Å². The van der Waals surface area contributed by atoms with Gasteiger partial charge in [-0.25, -0.2) is 4.98 Å². The highest BCUT2D eigenvalue weighted by molar-refractivity contribution is 7.20. The maximum Gasteiger partial charge on any atom is 0.235 e. The van der Waals surface area contributed by atoms with Gasteiger partial charge in [-0.1, -0.05) is 89.7 Å². The number of nitrogens with zero attached hydrogens (tertiary/aromatic N) is 5. The molecular weight excluding hydrogens is 402 g/mol. The van der Waals surface area contributed by atoms with Gasteiger partial charge in [-0.3, -0.25) is 0 Å². The summed E-state index contributed by atoms with van der Waals surface area (Å²) in [7, 11) is 0. The number of pyridine rings is 1. The van der Waals surface area contributed by atoms with E-state index in [1.54, 1.807) is 0 Å². The number of rotatable bonds is 3. The zero-order valence-corrected chi connectivity index (χ0v) is 17.5. The smallest absolute Gasteiger partial charge is 0.235 e. The molecule has 0 saturated carbocycles. The van der Waals surface area contributed by atoms with Crippen molar-refractivity contribution in [2.75, 3.05) is 0 Å². The lowest BCUT2D eigenvalue weighted by atomic mass is 10.0. The van der Waals surface area contributed by atoms with Crippen LogP contribution in [-0.4, -0.2) is 24.8 Å². The highest BCUT2D eigenvalue weighted by atomic mass is 32.1. The van der Waals surface area contributed by atoms with Crippen molar-refractivity contribution in [2.45, 2.75) is 6.92 Å². The molecule has 0 unspecified atom stereocenters. The number of para-hydroxylation sites is 1. The molecule has 0 aliphatic heterocycles. The second kappa shape index (κ2) is 7.11. The fourth-order valence-electron chi connectivity index (χ4n) is 3.72. The SMILES string of the molecule is Cc1ccc(-c2cc(-c3nn4c(-c5ccccc5)nnc4s3)c3ccccc3n2)cc1. The average molecular weight is 420 g/mol. The summed E-state index contributed by atoms with van der Waals surface area (Å²) < 4.78 is 1.83. The van der Waals surface area contributed by atoms with Crippen molar-refractivity contribution in [2.24, 2.45) is 0 Å². The third-order valence-electron chi connectivity index (χ3n) is 5.32. The van der Waals surface area contributed by atoms with Gasteiger partial charge in [-0.2, -0.15) is 9.61 Å². The van der Waals surface area contributed by atoms with Crippen LogP contribution in [0.15, 0.2) is 84.9 Å². The van der Waals surface area contributed by atoms with Crippen LogP contribution >= 0.6 is 11.3 Å². The van der Waals surface area contributed by atoms with Crippen LogP contribution in [0.3, 0.4) is 0 Å². The van der Waals surface area contributed by atoms with E-state index in [2.05, 4.69) is 53.5 Å². The van der Waals surface area contributed by atoms with Gasteiger partial charge in [0.05, 0.1) is 11.2 Å². The molecule has 148 valence electrons. The minimum atomic E-state index is 0.746. The lowest BCUT2D eigenvalue weighted by Crippen LogP contribution is -1.93. The number of hydrogen-bond donors (Lipinski definition) is 0. The second-order valence-corrected chi connectivity index (χ2v) is 8.39. The average Bonchev–Trinajstić information content (AvgIpc) is 3.40. The third kappa shape index (κ3) is 3.08. The van der Waals surface area contributed by atoms with E-state index in [-0.39, 0.29) is 0 Å². The summed E-state index contributed by atoms with van der Waals surface area (Å²) in [6.07, 6.45) is 0. The Hall–Kier alpha value is -3.90. The molecule has 3 aromatic heterocycles. The van der Waals surface area contributed by atoms with Gasteiger partial charge in [-0.15, -0.1) is 10.2 Å². The van der Waals surface area contributed by atoms with E-state index >= 15 is 0 Å². The van der Waals surface area contributed by atoms with E-state index < -0.39 is 0 Å². The number of fused-ring (bicyclic) bond motifs is 2. The molecule has 0 N–H and O–H groups in total.